The summed E-state index contributed by atoms with van der Waals surface area (Å²) in [5.41, 5.74) is 1.11. The minimum absolute atomic E-state index is 0.180. The summed E-state index contributed by atoms with van der Waals surface area (Å²) in [7, 11) is 1.56. The van der Waals surface area contributed by atoms with Gasteiger partial charge in [0.2, 0.25) is 11.8 Å². The lowest BCUT2D eigenvalue weighted by Crippen LogP contribution is -2.58. The average molecular weight is 359 g/mol. The molecular weight excluding hydrogens is 344 g/mol. The lowest BCUT2D eigenvalue weighted by atomic mass is 9.95. The van der Waals surface area contributed by atoms with Crippen LogP contribution in [0.15, 0.2) is 48.5 Å². The van der Waals surface area contributed by atoms with E-state index in [4.69, 9.17) is 16.3 Å². The molecule has 0 bridgehead atoms. The fourth-order valence-electron chi connectivity index (χ4n) is 2.65. The number of benzene rings is 2. The second kappa shape index (κ2) is 6.94. The molecule has 0 aliphatic carbocycles. The number of anilines is 1. The van der Waals surface area contributed by atoms with Crippen LogP contribution in [0, 0.1) is 5.92 Å². The topological polar surface area (TPSA) is 75.7 Å². The number of halogens is 1. The number of carbonyl (C=O) groups excluding carboxylic acids is 3. The van der Waals surface area contributed by atoms with Crippen LogP contribution in [0.4, 0.5) is 10.5 Å². The molecule has 6 nitrogen and oxygen atoms in total. The second-order valence-corrected chi connectivity index (χ2v) is 5.99. The molecule has 4 amide bonds. The van der Waals surface area contributed by atoms with Gasteiger partial charge in [-0.25, -0.2) is 9.69 Å². The zero-order chi connectivity index (χ0) is 18.0. The van der Waals surface area contributed by atoms with Crippen molar-refractivity contribution in [2.45, 2.75) is 6.42 Å². The van der Waals surface area contributed by atoms with Crippen LogP contribution < -0.4 is 15.0 Å². The van der Waals surface area contributed by atoms with Gasteiger partial charge in [-0.2, -0.15) is 0 Å². The molecule has 0 saturated carbocycles. The first-order valence-corrected chi connectivity index (χ1v) is 7.94. The number of hydrogen-bond donors (Lipinski definition) is 1. The van der Waals surface area contributed by atoms with Crippen molar-refractivity contribution in [2.24, 2.45) is 5.92 Å². The predicted octanol–water partition coefficient (Wildman–Crippen LogP) is 2.79. The fraction of sp³-hybridized carbons (Fsp3) is 0.167. The van der Waals surface area contributed by atoms with Crippen molar-refractivity contribution in [2.75, 3.05) is 12.0 Å². The summed E-state index contributed by atoms with van der Waals surface area (Å²) >= 11 is 5.93. The molecule has 1 saturated heterocycles. The summed E-state index contributed by atoms with van der Waals surface area (Å²) in [6.07, 6.45) is 0.180. The van der Waals surface area contributed by atoms with E-state index in [0.717, 1.165) is 10.5 Å². The highest BCUT2D eigenvalue weighted by atomic mass is 35.5. The zero-order valence-corrected chi connectivity index (χ0v) is 14.1. The smallest absolute Gasteiger partial charge is 0.335 e. The Hall–Kier alpha value is -2.86. The Kier molecular flexibility index (Phi) is 4.72. The molecule has 2 aromatic carbocycles. The molecule has 1 fully saturated rings. The van der Waals surface area contributed by atoms with Crippen LogP contribution in [-0.2, 0) is 16.0 Å². The lowest BCUT2D eigenvalue weighted by Gasteiger charge is -2.30. The average Bonchev–Trinajstić information content (AvgIpc) is 2.59. The summed E-state index contributed by atoms with van der Waals surface area (Å²) in [6, 6.07) is 12.6. The number of barbiturate groups is 1. The number of amides is 4. The Labute approximate surface area is 149 Å². The van der Waals surface area contributed by atoms with Gasteiger partial charge in [-0.05, 0) is 42.3 Å². The third-order valence-electron chi connectivity index (χ3n) is 3.93. The van der Waals surface area contributed by atoms with Gasteiger partial charge in [0.1, 0.15) is 11.7 Å². The maximum atomic E-state index is 12.8. The largest absolute Gasteiger partial charge is 0.497 e. The van der Waals surface area contributed by atoms with E-state index in [1.54, 1.807) is 49.6 Å². The predicted molar refractivity (Wildman–Crippen MR) is 92.7 cm³/mol. The maximum absolute atomic E-state index is 12.8. The number of rotatable bonds is 4. The third kappa shape index (κ3) is 3.49. The van der Waals surface area contributed by atoms with Crippen molar-refractivity contribution < 1.29 is 19.1 Å². The van der Waals surface area contributed by atoms with Crippen LogP contribution in [0.25, 0.3) is 0 Å². The van der Waals surface area contributed by atoms with Gasteiger partial charge < -0.3 is 4.74 Å². The molecule has 1 aliphatic heterocycles. The van der Waals surface area contributed by atoms with Gasteiger partial charge in [0, 0.05) is 5.02 Å². The summed E-state index contributed by atoms with van der Waals surface area (Å²) in [4.78, 5) is 38.0. The highest BCUT2D eigenvalue weighted by Gasteiger charge is 2.41. The Morgan fingerprint density at radius 1 is 1.12 bits per heavy atom. The standard InChI is InChI=1S/C18H15ClN2O4/c1-25-14-7-5-11(6-8-14)9-15-16(22)20-18(24)21(17(15)23)13-4-2-3-12(19)10-13/h2-8,10,15H,9H2,1H3,(H,20,22,24). The van der Waals surface area contributed by atoms with E-state index in [1.165, 1.54) is 6.07 Å². The third-order valence-corrected chi connectivity index (χ3v) is 4.17. The Morgan fingerprint density at radius 3 is 2.48 bits per heavy atom. The van der Waals surface area contributed by atoms with Crippen LogP contribution in [0.5, 0.6) is 5.75 Å². The van der Waals surface area contributed by atoms with E-state index < -0.39 is 23.8 Å². The summed E-state index contributed by atoms with van der Waals surface area (Å²) in [5.74, 6) is -1.50. The number of methoxy groups -OCH3 is 1. The molecule has 0 radical (unpaired) electrons. The van der Waals surface area contributed by atoms with Gasteiger partial charge in [-0.1, -0.05) is 29.8 Å². The first-order valence-electron chi connectivity index (χ1n) is 7.57. The molecule has 1 N–H and O–H groups in total. The SMILES string of the molecule is COc1ccc(CC2C(=O)NC(=O)N(c3cccc(Cl)c3)C2=O)cc1. The summed E-state index contributed by atoms with van der Waals surface area (Å²) < 4.78 is 5.09. The normalized spacial score (nSPS) is 17.4. The van der Waals surface area contributed by atoms with E-state index in [1.807, 2.05) is 0 Å². The monoisotopic (exact) mass is 358 g/mol. The van der Waals surface area contributed by atoms with Crippen molar-refractivity contribution in [3.05, 3.63) is 59.1 Å². The summed E-state index contributed by atoms with van der Waals surface area (Å²) in [6.45, 7) is 0. The van der Waals surface area contributed by atoms with E-state index in [0.29, 0.717) is 16.5 Å². The first kappa shape index (κ1) is 17.0. The molecule has 1 unspecified atom stereocenters. The molecule has 1 aliphatic rings. The minimum Gasteiger partial charge on any atom is -0.497 e. The number of imide groups is 2. The molecule has 25 heavy (non-hydrogen) atoms. The van der Waals surface area contributed by atoms with Gasteiger partial charge in [-0.3, -0.25) is 14.9 Å². The molecular formula is C18H15ClN2O4. The molecule has 3 rings (SSSR count). The zero-order valence-electron chi connectivity index (χ0n) is 13.4. The van der Waals surface area contributed by atoms with E-state index >= 15 is 0 Å². The molecule has 2 aromatic rings. The van der Waals surface area contributed by atoms with Crippen LogP contribution in [-0.4, -0.2) is 25.0 Å². The number of ether oxygens (including phenoxy) is 1. The Bertz CT molecular complexity index is 835. The van der Waals surface area contributed by atoms with Crippen molar-refractivity contribution in [1.82, 2.24) is 5.32 Å². The van der Waals surface area contributed by atoms with Gasteiger partial charge in [0.05, 0.1) is 12.8 Å². The Balaban J connectivity index is 1.87. The number of carbonyl (C=O) groups is 3. The minimum atomic E-state index is -0.995. The number of nitrogens with zero attached hydrogens (tertiary/aromatic N) is 1. The quantitative estimate of drug-likeness (QED) is 0.853. The van der Waals surface area contributed by atoms with Crippen molar-refractivity contribution in [3.8, 4) is 5.75 Å². The number of nitrogens with one attached hydrogen (secondary N) is 1. The van der Waals surface area contributed by atoms with Crippen LogP contribution >= 0.6 is 11.6 Å². The molecule has 1 heterocycles. The van der Waals surface area contributed by atoms with Crippen molar-refractivity contribution in [1.29, 1.82) is 0 Å². The maximum Gasteiger partial charge on any atom is 0.335 e. The van der Waals surface area contributed by atoms with Gasteiger partial charge in [0.25, 0.3) is 0 Å². The fourth-order valence-corrected chi connectivity index (χ4v) is 2.84. The van der Waals surface area contributed by atoms with Gasteiger partial charge in [0.15, 0.2) is 0 Å². The molecule has 1 atom stereocenters. The molecule has 128 valence electrons. The highest BCUT2D eigenvalue weighted by Crippen LogP contribution is 2.25. The number of urea groups is 1. The van der Waals surface area contributed by atoms with E-state index in [-0.39, 0.29) is 6.42 Å². The van der Waals surface area contributed by atoms with E-state index in [2.05, 4.69) is 5.32 Å². The van der Waals surface area contributed by atoms with Gasteiger partial charge in [-0.15, -0.1) is 0 Å². The van der Waals surface area contributed by atoms with Crippen LogP contribution in [0.2, 0.25) is 5.02 Å². The van der Waals surface area contributed by atoms with Crippen molar-refractivity contribution in [3.63, 3.8) is 0 Å². The highest BCUT2D eigenvalue weighted by molar-refractivity contribution is 6.32. The lowest BCUT2D eigenvalue weighted by molar-refractivity contribution is -0.134. The van der Waals surface area contributed by atoms with Gasteiger partial charge >= 0.3 is 6.03 Å². The van der Waals surface area contributed by atoms with Crippen LogP contribution in [0.1, 0.15) is 5.56 Å². The number of hydrogen-bond acceptors (Lipinski definition) is 4. The second-order valence-electron chi connectivity index (χ2n) is 5.55. The van der Waals surface area contributed by atoms with Crippen molar-refractivity contribution >= 4 is 35.1 Å². The molecule has 0 aromatic heterocycles. The summed E-state index contributed by atoms with van der Waals surface area (Å²) in [5, 5.41) is 2.62. The first-order chi connectivity index (χ1) is 12.0. The Morgan fingerprint density at radius 2 is 1.84 bits per heavy atom. The molecule has 0 spiro atoms. The molecule has 7 heteroatoms. The van der Waals surface area contributed by atoms with E-state index in [9.17, 15) is 14.4 Å². The van der Waals surface area contributed by atoms with Crippen LogP contribution in [0.3, 0.4) is 0 Å².